The highest BCUT2D eigenvalue weighted by Gasteiger charge is 2.37. The van der Waals surface area contributed by atoms with Crippen LogP contribution in [0.25, 0.3) is 0 Å². The Bertz CT molecular complexity index is 272. The van der Waals surface area contributed by atoms with E-state index in [0.29, 0.717) is 11.6 Å². The average Bonchev–Trinajstić information content (AvgIpc) is 2.16. The minimum Gasteiger partial charge on any atom is -0.481 e. The van der Waals surface area contributed by atoms with Gasteiger partial charge in [-0.25, -0.2) is 0 Å². The fraction of sp³-hybridized carbons (Fsp3) is 0.750. The van der Waals surface area contributed by atoms with Gasteiger partial charge < -0.3 is 5.11 Å². The van der Waals surface area contributed by atoms with Crippen molar-refractivity contribution in [3.8, 4) is 0 Å². The van der Waals surface area contributed by atoms with Crippen molar-refractivity contribution < 1.29 is 9.90 Å². The van der Waals surface area contributed by atoms with Gasteiger partial charge in [-0.1, -0.05) is 37.4 Å². The van der Waals surface area contributed by atoms with Crippen LogP contribution in [0.4, 0.5) is 0 Å². The molecular formula is C12H20ClNO2. The molecule has 0 aromatic rings. The van der Waals surface area contributed by atoms with Gasteiger partial charge in [-0.3, -0.25) is 9.69 Å². The second-order valence-corrected chi connectivity index (χ2v) is 5.26. The summed E-state index contributed by atoms with van der Waals surface area (Å²) in [7, 11) is 1.95. The summed E-state index contributed by atoms with van der Waals surface area (Å²) in [5, 5.41) is 9.60. The molecule has 92 valence electrons. The maximum atomic E-state index is 11.0. The first-order valence-corrected chi connectivity index (χ1v) is 6.10. The molecule has 0 heterocycles. The lowest BCUT2D eigenvalue weighted by Crippen LogP contribution is -2.49. The molecule has 0 aromatic heterocycles. The van der Waals surface area contributed by atoms with E-state index in [-0.39, 0.29) is 12.0 Å². The van der Waals surface area contributed by atoms with Gasteiger partial charge in [-0.05, 0) is 19.9 Å². The maximum Gasteiger partial charge on any atom is 0.305 e. The zero-order valence-electron chi connectivity index (χ0n) is 9.84. The van der Waals surface area contributed by atoms with Crippen LogP contribution >= 0.6 is 11.6 Å². The lowest BCUT2D eigenvalue weighted by molar-refractivity contribution is -0.141. The van der Waals surface area contributed by atoms with Crippen LogP contribution in [0.2, 0.25) is 0 Å². The third-order valence-corrected chi connectivity index (χ3v) is 3.60. The van der Waals surface area contributed by atoms with E-state index < -0.39 is 5.97 Å². The van der Waals surface area contributed by atoms with Crippen LogP contribution in [-0.2, 0) is 4.79 Å². The highest BCUT2D eigenvalue weighted by Crippen LogP contribution is 2.36. The molecule has 0 bridgehead atoms. The first-order chi connectivity index (χ1) is 7.46. The molecule has 1 aliphatic rings. The Labute approximate surface area is 102 Å². The number of carboxylic acid groups (broad SMARTS) is 1. The molecule has 0 saturated heterocycles. The molecule has 0 aromatic carbocycles. The third-order valence-electron chi connectivity index (χ3n) is 3.48. The lowest BCUT2D eigenvalue weighted by Gasteiger charge is -2.43. The van der Waals surface area contributed by atoms with E-state index in [1.807, 2.05) is 7.05 Å². The number of halogens is 1. The van der Waals surface area contributed by atoms with Crippen molar-refractivity contribution in [1.29, 1.82) is 0 Å². The van der Waals surface area contributed by atoms with Crippen molar-refractivity contribution >= 4 is 17.6 Å². The standard InChI is InChI=1S/C12H20ClNO2/c1-10(13)9-14(2)12(8-11(15)16)6-4-3-5-7-12/h1,3-9H2,2H3,(H,15,16). The van der Waals surface area contributed by atoms with E-state index >= 15 is 0 Å². The fourth-order valence-electron chi connectivity index (χ4n) is 2.61. The Morgan fingerprint density at radius 3 is 2.44 bits per heavy atom. The number of carbonyl (C=O) groups is 1. The summed E-state index contributed by atoms with van der Waals surface area (Å²) < 4.78 is 0. The maximum absolute atomic E-state index is 11.0. The number of nitrogens with zero attached hydrogens (tertiary/aromatic N) is 1. The summed E-state index contributed by atoms with van der Waals surface area (Å²) in [5.74, 6) is -0.728. The van der Waals surface area contributed by atoms with Crippen LogP contribution < -0.4 is 0 Å². The highest BCUT2D eigenvalue weighted by atomic mass is 35.5. The van der Waals surface area contributed by atoms with Gasteiger partial charge in [0.15, 0.2) is 0 Å². The quantitative estimate of drug-likeness (QED) is 0.810. The van der Waals surface area contributed by atoms with Crippen molar-refractivity contribution in [2.75, 3.05) is 13.6 Å². The van der Waals surface area contributed by atoms with Gasteiger partial charge in [0, 0.05) is 17.1 Å². The number of likely N-dealkylation sites (N-methyl/N-ethyl adjacent to an activating group) is 1. The van der Waals surface area contributed by atoms with Crippen molar-refractivity contribution in [2.24, 2.45) is 0 Å². The van der Waals surface area contributed by atoms with E-state index in [4.69, 9.17) is 16.7 Å². The summed E-state index contributed by atoms with van der Waals surface area (Å²) in [6.45, 7) is 4.24. The van der Waals surface area contributed by atoms with E-state index in [9.17, 15) is 4.79 Å². The van der Waals surface area contributed by atoms with Gasteiger partial charge in [0.1, 0.15) is 0 Å². The van der Waals surface area contributed by atoms with E-state index in [0.717, 1.165) is 25.7 Å². The number of aliphatic carboxylic acids is 1. The highest BCUT2D eigenvalue weighted by molar-refractivity contribution is 6.29. The molecule has 1 rings (SSSR count). The minimum absolute atomic E-state index is 0.202. The summed E-state index contributed by atoms with van der Waals surface area (Å²) in [5.41, 5.74) is -0.220. The average molecular weight is 246 g/mol. The fourth-order valence-corrected chi connectivity index (χ4v) is 2.79. The monoisotopic (exact) mass is 245 g/mol. The van der Waals surface area contributed by atoms with Gasteiger partial charge in [0.2, 0.25) is 0 Å². The summed E-state index contributed by atoms with van der Waals surface area (Å²) in [4.78, 5) is 13.0. The molecule has 3 nitrogen and oxygen atoms in total. The van der Waals surface area contributed by atoms with Crippen LogP contribution in [0, 0.1) is 0 Å². The predicted octanol–water partition coefficient (Wildman–Crippen LogP) is 2.85. The molecule has 1 aliphatic carbocycles. The van der Waals surface area contributed by atoms with Gasteiger partial charge >= 0.3 is 5.97 Å². The zero-order chi connectivity index (χ0) is 12.2. The van der Waals surface area contributed by atoms with Crippen LogP contribution in [0.1, 0.15) is 38.5 Å². The molecule has 0 amide bonds. The molecule has 4 heteroatoms. The summed E-state index contributed by atoms with van der Waals surface area (Å²) >= 11 is 5.81. The summed E-state index contributed by atoms with van der Waals surface area (Å²) in [6.07, 6.45) is 5.50. The Morgan fingerprint density at radius 1 is 1.44 bits per heavy atom. The second kappa shape index (κ2) is 5.69. The Balaban J connectivity index is 2.75. The van der Waals surface area contributed by atoms with Crippen LogP contribution in [-0.4, -0.2) is 35.1 Å². The molecule has 1 fully saturated rings. The van der Waals surface area contributed by atoms with Gasteiger partial charge in [0.05, 0.1) is 6.42 Å². The van der Waals surface area contributed by atoms with E-state index in [2.05, 4.69) is 11.5 Å². The molecule has 1 saturated carbocycles. The number of hydrogen-bond acceptors (Lipinski definition) is 2. The van der Waals surface area contributed by atoms with Crippen LogP contribution in [0.15, 0.2) is 11.6 Å². The molecule has 0 spiro atoms. The van der Waals surface area contributed by atoms with Crippen molar-refractivity contribution in [3.63, 3.8) is 0 Å². The van der Waals surface area contributed by atoms with Gasteiger partial charge in [-0.15, -0.1) is 0 Å². The first kappa shape index (κ1) is 13.5. The number of carboxylic acids is 1. The lowest BCUT2D eigenvalue weighted by atomic mass is 9.78. The predicted molar refractivity (Wildman–Crippen MR) is 65.7 cm³/mol. The number of rotatable bonds is 5. The van der Waals surface area contributed by atoms with Crippen LogP contribution in [0.5, 0.6) is 0 Å². The molecule has 0 unspecified atom stereocenters. The molecule has 0 radical (unpaired) electrons. The van der Waals surface area contributed by atoms with Crippen LogP contribution in [0.3, 0.4) is 0 Å². The van der Waals surface area contributed by atoms with Gasteiger partial charge in [-0.2, -0.15) is 0 Å². The van der Waals surface area contributed by atoms with Crippen molar-refractivity contribution in [3.05, 3.63) is 11.6 Å². The molecule has 1 N–H and O–H groups in total. The molecule has 0 atom stereocenters. The van der Waals surface area contributed by atoms with Gasteiger partial charge in [0.25, 0.3) is 0 Å². The SMILES string of the molecule is C=C(Cl)CN(C)C1(CC(=O)O)CCCCC1. The largest absolute Gasteiger partial charge is 0.481 e. The Morgan fingerprint density at radius 2 is 2.00 bits per heavy atom. The van der Waals surface area contributed by atoms with Crippen molar-refractivity contribution in [2.45, 2.75) is 44.1 Å². The summed E-state index contributed by atoms with van der Waals surface area (Å²) in [6, 6.07) is 0. The molecular weight excluding hydrogens is 226 g/mol. The minimum atomic E-state index is -0.728. The molecule has 0 aliphatic heterocycles. The number of hydrogen-bond donors (Lipinski definition) is 1. The van der Waals surface area contributed by atoms with E-state index in [1.165, 1.54) is 6.42 Å². The first-order valence-electron chi connectivity index (χ1n) is 5.73. The zero-order valence-corrected chi connectivity index (χ0v) is 10.6. The molecule has 16 heavy (non-hydrogen) atoms. The Kier molecular flexibility index (Phi) is 4.81. The third kappa shape index (κ3) is 3.49. The topological polar surface area (TPSA) is 40.5 Å². The van der Waals surface area contributed by atoms with Crippen molar-refractivity contribution in [1.82, 2.24) is 4.90 Å². The smallest absolute Gasteiger partial charge is 0.305 e. The second-order valence-electron chi connectivity index (χ2n) is 4.73. The normalized spacial score (nSPS) is 19.7. The Hall–Kier alpha value is -0.540. The van der Waals surface area contributed by atoms with E-state index in [1.54, 1.807) is 0 Å².